The fourth-order valence-corrected chi connectivity index (χ4v) is 4.57. The number of hydrogen-bond donors (Lipinski definition) is 3. The number of benzene rings is 1. The maximum atomic E-state index is 5.94. The average Bonchev–Trinajstić information content (AvgIpc) is 3.46. The number of nitrogen functional groups attached to an aromatic ring is 1. The lowest BCUT2D eigenvalue weighted by Gasteiger charge is -2.37. The van der Waals surface area contributed by atoms with Crippen LogP contribution in [0.1, 0.15) is 36.7 Å². The van der Waals surface area contributed by atoms with Crippen LogP contribution in [0.5, 0.6) is 5.75 Å². The Balaban J connectivity index is 1.39. The Bertz CT molecular complexity index is 1350. The Hall–Kier alpha value is -3.77. The molecule has 1 aliphatic rings. The summed E-state index contributed by atoms with van der Waals surface area (Å²) in [5.41, 5.74) is 9.54. The quantitative estimate of drug-likeness (QED) is 0.332. The van der Waals surface area contributed by atoms with Gasteiger partial charge in [0.15, 0.2) is 11.6 Å². The van der Waals surface area contributed by atoms with Gasteiger partial charge in [-0.05, 0) is 25.5 Å². The van der Waals surface area contributed by atoms with Crippen molar-refractivity contribution in [2.45, 2.75) is 52.5 Å². The molecule has 0 spiro atoms. The fourth-order valence-electron chi connectivity index (χ4n) is 4.57. The van der Waals surface area contributed by atoms with E-state index in [1.54, 1.807) is 20.2 Å². The van der Waals surface area contributed by atoms with E-state index in [0.29, 0.717) is 48.2 Å². The largest absolute Gasteiger partial charge is 0.496 e. The lowest BCUT2D eigenvalue weighted by atomic mass is 10.1. The average molecular weight is 493 g/mol. The van der Waals surface area contributed by atoms with Gasteiger partial charge in [-0.25, -0.2) is 4.98 Å². The Morgan fingerprint density at radius 2 is 2.08 bits per heavy atom. The molecule has 0 bridgehead atoms. The lowest BCUT2D eigenvalue weighted by molar-refractivity contribution is 0.138. The molecule has 4 aromatic rings. The molecule has 0 unspecified atom stereocenters. The number of ether oxygens (including phenoxy) is 1. The van der Waals surface area contributed by atoms with E-state index in [4.69, 9.17) is 15.0 Å². The first-order valence-electron chi connectivity index (χ1n) is 12.0. The van der Waals surface area contributed by atoms with E-state index in [-0.39, 0.29) is 5.95 Å². The highest BCUT2D eigenvalue weighted by atomic mass is 16.5. The summed E-state index contributed by atoms with van der Waals surface area (Å²) in [6.45, 7) is 9.94. The summed E-state index contributed by atoms with van der Waals surface area (Å²) in [5.74, 6) is 2.55. The highest BCUT2D eigenvalue weighted by Crippen LogP contribution is 2.27. The van der Waals surface area contributed by atoms with Gasteiger partial charge >= 0.3 is 0 Å². The molecule has 12 nitrogen and oxygen atoms in total. The molecule has 2 atom stereocenters. The predicted octanol–water partition coefficient (Wildman–Crippen LogP) is 1.95. The Morgan fingerprint density at radius 3 is 2.86 bits per heavy atom. The summed E-state index contributed by atoms with van der Waals surface area (Å²) >= 11 is 0. The maximum Gasteiger partial charge on any atom is 0.223 e. The number of fused-ring (bicyclic) bond motifs is 1. The van der Waals surface area contributed by atoms with Crippen LogP contribution in [0, 0.1) is 6.92 Å². The van der Waals surface area contributed by atoms with Gasteiger partial charge in [0.05, 0.1) is 26.4 Å². The van der Waals surface area contributed by atoms with Gasteiger partial charge in [0.1, 0.15) is 16.8 Å². The number of methoxy groups -OCH3 is 1. The maximum absolute atomic E-state index is 5.94. The number of aryl methyl sites for hydroxylation is 1. The zero-order chi connectivity index (χ0) is 25.2. The molecule has 1 saturated heterocycles. The number of rotatable bonds is 8. The molecule has 1 aromatic carbocycles. The number of piperazine rings is 1. The van der Waals surface area contributed by atoms with Crippen LogP contribution in [0.25, 0.3) is 11.0 Å². The molecule has 0 radical (unpaired) electrons. The first kappa shape index (κ1) is 23.9. The number of nitrogens with one attached hydrogen (secondary N) is 2. The van der Waals surface area contributed by atoms with Crippen molar-refractivity contribution < 1.29 is 9.26 Å². The zero-order valence-corrected chi connectivity index (χ0v) is 21.0. The predicted molar refractivity (Wildman–Crippen MR) is 136 cm³/mol. The van der Waals surface area contributed by atoms with Crippen LogP contribution in [0.4, 0.5) is 11.8 Å². The summed E-state index contributed by atoms with van der Waals surface area (Å²) in [5, 5.41) is 15.3. The van der Waals surface area contributed by atoms with Crippen molar-refractivity contribution in [3.8, 4) is 5.75 Å². The van der Waals surface area contributed by atoms with Gasteiger partial charge in [0.2, 0.25) is 11.8 Å². The molecule has 36 heavy (non-hydrogen) atoms. The number of anilines is 2. The first-order valence-corrected chi connectivity index (χ1v) is 12.0. The normalized spacial score (nSPS) is 18.6. The second kappa shape index (κ2) is 10.1. The van der Waals surface area contributed by atoms with Crippen molar-refractivity contribution in [3.05, 3.63) is 47.2 Å². The standard InChI is InChI=1S/C24H32N10O2/c1-14-11-33(15(2)8-26-14)12-17-5-6-18(20(7-17)35-4)13-34-22-19(9-28-34)30-24(25)31-23(22)27-10-21-29-16(3)36-32-21/h5-7,9,14-15,26H,8,10-13H2,1-4H3,(H3,25,27,30,31)/t14-,15-/m0/s1. The van der Waals surface area contributed by atoms with E-state index in [1.165, 1.54) is 5.56 Å². The van der Waals surface area contributed by atoms with Crippen molar-refractivity contribution in [1.29, 1.82) is 0 Å². The fraction of sp³-hybridized carbons (Fsp3) is 0.458. The third kappa shape index (κ3) is 5.09. The van der Waals surface area contributed by atoms with Crippen LogP contribution in [0.2, 0.25) is 0 Å². The third-order valence-corrected chi connectivity index (χ3v) is 6.44. The molecule has 0 amide bonds. The molecule has 0 aliphatic carbocycles. The number of aromatic nitrogens is 6. The van der Waals surface area contributed by atoms with Crippen LogP contribution >= 0.6 is 0 Å². The molecule has 3 aromatic heterocycles. The van der Waals surface area contributed by atoms with Crippen LogP contribution in [0.15, 0.2) is 28.9 Å². The summed E-state index contributed by atoms with van der Waals surface area (Å²) in [6.07, 6.45) is 1.69. The van der Waals surface area contributed by atoms with E-state index >= 15 is 0 Å². The van der Waals surface area contributed by atoms with Crippen LogP contribution in [0.3, 0.4) is 0 Å². The van der Waals surface area contributed by atoms with Crippen molar-refractivity contribution in [2.75, 3.05) is 31.2 Å². The van der Waals surface area contributed by atoms with Crippen LogP contribution in [-0.2, 0) is 19.6 Å². The van der Waals surface area contributed by atoms with E-state index in [0.717, 1.165) is 36.5 Å². The molecule has 4 N–H and O–H groups in total. The van der Waals surface area contributed by atoms with Crippen molar-refractivity contribution in [2.24, 2.45) is 0 Å². The number of nitrogens with two attached hydrogens (primary N) is 1. The third-order valence-electron chi connectivity index (χ3n) is 6.44. The van der Waals surface area contributed by atoms with Crippen LogP contribution < -0.4 is 21.1 Å². The van der Waals surface area contributed by atoms with Gasteiger partial charge in [0, 0.05) is 44.2 Å². The van der Waals surface area contributed by atoms with E-state index in [2.05, 4.69) is 72.8 Å². The molecule has 4 heterocycles. The molecule has 0 saturated carbocycles. The van der Waals surface area contributed by atoms with Gasteiger partial charge in [0.25, 0.3) is 0 Å². The van der Waals surface area contributed by atoms with Crippen molar-refractivity contribution >= 4 is 22.8 Å². The second-order valence-corrected chi connectivity index (χ2v) is 9.28. The first-order chi connectivity index (χ1) is 17.4. The van der Waals surface area contributed by atoms with E-state index in [1.807, 2.05) is 4.68 Å². The monoisotopic (exact) mass is 492 g/mol. The summed E-state index contributed by atoms with van der Waals surface area (Å²) in [7, 11) is 1.70. The lowest BCUT2D eigenvalue weighted by Crippen LogP contribution is -2.53. The molecule has 1 aliphatic heterocycles. The molecule has 5 rings (SSSR count). The highest BCUT2D eigenvalue weighted by Gasteiger charge is 2.23. The molecule has 12 heteroatoms. The van der Waals surface area contributed by atoms with Crippen LogP contribution in [-0.4, -0.2) is 67.1 Å². The van der Waals surface area contributed by atoms with Gasteiger partial charge in [-0.2, -0.15) is 15.1 Å². The van der Waals surface area contributed by atoms with Gasteiger partial charge in [-0.3, -0.25) is 9.58 Å². The second-order valence-electron chi connectivity index (χ2n) is 9.28. The Labute approximate surface area is 209 Å². The molecular weight excluding hydrogens is 460 g/mol. The summed E-state index contributed by atoms with van der Waals surface area (Å²) in [6, 6.07) is 7.35. The SMILES string of the molecule is COc1cc(CN2C[C@H](C)NC[C@@H]2C)ccc1Cn1ncc2nc(N)nc(NCc3noc(C)n3)c21. The van der Waals surface area contributed by atoms with E-state index in [9.17, 15) is 0 Å². The smallest absolute Gasteiger partial charge is 0.223 e. The minimum atomic E-state index is 0.159. The minimum Gasteiger partial charge on any atom is -0.496 e. The molecule has 190 valence electrons. The van der Waals surface area contributed by atoms with Gasteiger partial charge in [-0.15, -0.1) is 0 Å². The topological polar surface area (TPSA) is 145 Å². The van der Waals surface area contributed by atoms with E-state index < -0.39 is 0 Å². The van der Waals surface area contributed by atoms with Gasteiger partial charge in [-0.1, -0.05) is 17.3 Å². The zero-order valence-electron chi connectivity index (χ0n) is 21.0. The molecule has 1 fully saturated rings. The van der Waals surface area contributed by atoms with Crippen molar-refractivity contribution in [1.82, 2.24) is 40.1 Å². The highest BCUT2D eigenvalue weighted by molar-refractivity contribution is 5.86. The minimum absolute atomic E-state index is 0.159. The molecular formula is C24H32N10O2. The number of nitrogens with zero attached hydrogens (tertiary/aromatic N) is 7. The summed E-state index contributed by atoms with van der Waals surface area (Å²) < 4.78 is 12.7. The number of hydrogen-bond acceptors (Lipinski definition) is 11. The van der Waals surface area contributed by atoms with Gasteiger partial charge < -0.3 is 25.6 Å². The van der Waals surface area contributed by atoms with Crippen molar-refractivity contribution in [3.63, 3.8) is 0 Å². The Morgan fingerprint density at radius 1 is 1.22 bits per heavy atom. The Kier molecular flexibility index (Phi) is 6.70. The summed E-state index contributed by atoms with van der Waals surface area (Å²) in [4.78, 5) is 15.5.